The largest absolute Gasteiger partial charge is 0.394 e. The second-order valence-electron chi connectivity index (χ2n) is 6.49. The zero-order valence-electron chi connectivity index (χ0n) is 15.5. The summed E-state index contributed by atoms with van der Waals surface area (Å²) in [5.74, 6) is 0.473. The van der Waals surface area contributed by atoms with Crippen LogP contribution in [0.4, 0.5) is 11.4 Å². The molecule has 0 spiro atoms. The van der Waals surface area contributed by atoms with Crippen LogP contribution in [-0.4, -0.2) is 11.7 Å². The molecule has 142 valence electrons. The van der Waals surface area contributed by atoms with Crippen LogP contribution in [0.25, 0.3) is 0 Å². The van der Waals surface area contributed by atoms with E-state index in [4.69, 9.17) is 11.5 Å². The number of para-hydroxylation sites is 1. The first-order chi connectivity index (χ1) is 12.8. The molecule has 2 aromatic rings. The molecule has 0 aromatic heterocycles. The van der Waals surface area contributed by atoms with E-state index in [2.05, 4.69) is 23.8 Å². The molecule has 2 aromatic carbocycles. The molecule has 1 atom stereocenters. The Balaban J connectivity index is 2.00. The number of hydrogen-bond donors (Lipinski definition) is 4. The summed E-state index contributed by atoms with van der Waals surface area (Å²) in [4.78, 5) is 12.4. The maximum absolute atomic E-state index is 12.4. The summed E-state index contributed by atoms with van der Waals surface area (Å²) >= 11 is 1.49. The van der Waals surface area contributed by atoms with Gasteiger partial charge in [-0.25, -0.2) is 0 Å². The highest BCUT2D eigenvalue weighted by Crippen LogP contribution is 2.27. The predicted molar refractivity (Wildman–Crippen MR) is 116 cm³/mol. The molecule has 6 N–H and O–H groups in total. The Morgan fingerprint density at radius 1 is 1.07 bits per heavy atom. The van der Waals surface area contributed by atoms with Gasteiger partial charge in [0.1, 0.15) is 0 Å². The maximum atomic E-state index is 12.4. The lowest BCUT2D eigenvalue weighted by molar-refractivity contribution is -0.112. The Hall–Kier alpha value is -2.70. The summed E-state index contributed by atoms with van der Waals surface area (Å²) in [5, 5.41) is 6.42. The summed E-state index contributed by atoms with van der Waals surface area (Å²) in [6, 6.07) is 17.0. The van der Waals surface area contributed by atoms with Gasteiger partial charge in [-0.2, -0.15) is 0 Å². The molecule has 0 aliphatic rings. The van der Waals surface area contributed by atoms with Crippen molar-refractivity contribution in [2.45, 2.75) is 18.9 Å². The van der Waals surface area contributed by atoms with E-state index in [0.29, 0.717) is 10.7 Å². The fourth-order valence-electron chi connectivity index (χ4n) is 2.45. The Labute approximate surface area is 164 Å². The lowest BCUT2D eigenvalue weighted by atomic mass is 9.90. The van der Waals surface area contributed by atoms with E-state index in [1.165, 1.54) is 11.8 Å². The highest BCUT2D eigenvalue weighted by Gasteiger charge is 2.21. The Morgan fingerprint density at radius 3 is 2.41 bits per heavy atom. The van der Waals surface area contributed by atoms with Gasteiger partial charge in [-0.1, -0.05) is 43.5 Å². The number of carbonyl (C=O) groups is 1. The molecule has 5 nitrogen and oxygen atoms in total. The van der Waals surface area contributed by atoms with E-state index < -0.39 is 5.54 Å². The van der Waals surface area contributed by atoms with Crippen molar-refractivity contribution in [3.8, 4) is 0 Å². The predicted octanol–water partition coefficient (Wildman–Crippen LogP) is 3.98. The SMILES string of the molecule is C=C(N)SCCC(C)(N)c1cccc(NC(=O)C(=C)Nc2ccccc2)c1. The number of carbonyl (C=O) groups excluding carboxylic acids is 1. The molecular weight excluding hydrogens is 356 g/mol. The molecule has 0 radical (unpaired) electrons. The average Bonchev–Trinajstić information content (AvgIpc) is 2.62. The number of rotatable bonds is 9. The van der Waals surface area contributed by atoms with Crippen LogP contribution in [0.15, 0.2) is 78.5 Å². The molecule has 2 rings (SSSR count). The van der Waals surface area contributed by atoms with Crippen LogP contribution in [0.2, 0.25) is 0 Å². The Bertz CT molecular complexity index is 818. The lowest BCUT2D eigenvalue weighted by Gasteiger charge is -2.25. The van der Waals surface area contributed by atoms with Crippen molar-refractivity contribution in [3.05, 3.63) is 84.0 Å². The summed E-state index contributed by atoms with van der Waals surface area (Å²) in [6.45, 7) is 9.44. The zero-order chi connectivity index (χ0) is 19.9. The van der Waals surface area contributed by atoms with Crippen molar-refractivity contribution in [3.63, 3.8) is 0 Å². The average molecular weight is 383 g/mol. The third-order valence-corrected chi connectivity index (χ3v) is 4.81. The Kier molecular flexibility index (Phi) is 7.10. The fourth-order valence-corrected chi connectivity index (χ4v) is 3.24. The van der Waals surface area contributed by atoms with Gasteiger partial charge in [0.2, 0.25) is 0 Å². The number of benzene rings is 2. The van der Waals surface area contributed by atoms with Gasteiger partial charge in [-0.3, -0.25) is 4.79 Å². The van der Waals surface area contributed by atoms with Crippen LogP contribution in [0.3, 0.4) is 0 Å². The van der Waals surface area contributed by atoms with Gasteiger partial charge in [0, 0.05) is 22.7 Å². The number of anilines is 2. The van der Waals surface area contributed by atoms with Crippen molar-refractivity contribution in [1.82, 2.24) is 0 Å². The van der Waals surface area contributed by atoms with Gasteiger partial charge in [-0.15, -0.1) is 11.8 Å². The molecular formula is C21H26N4OS. The number of nitrogens with two attached hydrogens (primary N) is 2. The lowest BCUT2D eigenvalue weighted by Crippen LogP contribution is -2.33. The topological polar surface area (TPSA) is 93.2 Å². The fraction of sp³-hybridized carbons (Fsp3) is 0.190. The van der Waals surface area contributed by atoms with E-state index in [-0.39, 0.29) is 11.6 Å². The molecule has 0 aliphatic carbocycles. The monoisotopic (exact) mass is 382 g/mol. The van der Waals surface area contributed by atoms with Crippen molar-refractivity contribution < 1.29 is 4.79 Å². The molecule has 6 heteroatoms. The first-order valence-corrected chi connectivity index (χ1v) is 9.55. The molecule has 1 unspecified atom stereocenters. The number of nitrogens with one attached hydrogen (secondary N) is 2. The smallest absolute Gasteiger partial charge is 0.271 e. The van der Waals surface area contributed by atoms with Crippen molar-refractivity contribution in [1.29, 1.82) is 0 Å². The zero-order valence-corrected chi connectivity index (χ0v) is 16.3. The minimum absolute atomic E-state index is 0.264. The van der Waals surface area contributed by atoms with Crippen molar-refractivity contribution >= 4 is 29.0 Å². The summed E-state index contributed by atoms with van der Waals surface area (Å²) in [6.07, 6.45) is 0.730. The van der Waals surface area contributed by atoms with E-state index in [0.717, 1.165) is 23.4 Å². The summed E-state index contributed by atoms with van der Waals surface area (Å²) < 4.78 is 0. The number of hydrogen-bond acceptors (Lipinski definition) is 5. The van der Waals surface area contributed by atoms with Gasteiger partial charge >= 0.3 is 0 Å². The third-order valence-electron chi connectivity index (χ3n) is 4.03. The van der Waals surface area contributed by atoms with Crippen LogP contribution < -0.4 is 22.1 Å². The third kappa shape index (κ3) is 6.51. The van der Waals surface area contributed by atoms with Crippen LogP contribution in [0.1, 0.15) is 18.9 Å². The molecule has 0 saturated carbocycles. The Morgan fingerprint density at radius 2 is 1.74 bits per heavy atom. The molecule has 0 heterocycles. The second kappa shape index (κ2) is 9.30. The number of thioether (sulfide) groups is 1. The molecule has 0 fully saturated rings. The second-order valence-corrected chi connectivity index (χ2v) is 7.71. The standard InChI is InChI=1S/C21H26N4OS/c1-15(24-18-9-5-4-6-10-18)20(26)25-19-11-7-8-17(14-19)21(3,23)12-13-27-16(2)22/h4-11,14,24H,1-2,12-13,22-23H2,3H3,(H,25,26). The first kappa shape index (κ1) is 20.6. The van der Waals surface area contributed by atoms with E-state index in [1.54, 1.807) is 0 Å². The quantitative estimate of drug-likeness (QED) is 0.492. The van der Waals surface area contributed by atoms with Crippen LogP contribution in [0.5, 0.6) is 0 Å². The van der Waals surface area contributed by atoms with Gasteiger partial charge < -0.3 is 22.1 Å². The maximum Gasteiger partial charge on any atom is 0.271 e. The van der Waals surface area contributed by atoms with E-state index in [9.17, 15) is 4.79 Å². The van der Waals surface area contributed by atoms with Gasteiger partial charge in [0.25, 0.3) is 5.91 Å². The van der Waals surface area contributed by atoms with Crippen LogP contribution >= 0.6 is 11.8 Å². The summed E-state index contributed by atoms with van der Waals surface area (Å²) in [5.41, 5.74) is 14.2. The van der Waals surface area contributed by atoms with E-state index >= 15 is 0 Å². The van der Waals surface area contributed by atoms with Gasteiger partial charge in [0.15, 0.2) is 0 Å². The van der Waals surface area contributed by atoms with Crippen LogP contribution in [0, 0.1) is 0 Å². The van der Waals surface area contributed by atoms with Gasteiger partial charge in [0.05, 0.1) is 10.7 Å². The highest BCUT2D eigenvalue weighted by atomic mass is 32.2. The normalized spacial score (nSPS) is 12.7. The summed E-state index contributed by atoms with van der Waals surface area (Å²) in [7, 11) is 0. The number of amides is 1. The highest BCUT2D eigenvalue weighted by molar-refractivity contribution is 8.02. The van der Waals surface area contributed by atoms with Gasteiger partial charge in [-0.05, 0) is 43.2 Å². The molecule has 27 heavy (non-hydrogen) atoms. The molecule has 0 aliphatic heterocycles. The van der Waals surface area contributed by atoms with E-state index in [1.807, 2.05) is 61.5 Å². The molecule has 0 bridgehead atoms. The minimum atomic E-state index is -0.539. The molecule has 1 amide bonds. The van der Waals surface area contributed by atoms with Crippen molar-refractivity contribution in [2.75, 3.05) is 16.4 Å². The molecule has 0 saturated heterocycles. The van der Waals surface area contributed by atoms with Crippen molar-refractivity contribution in [2.24, 2.45) is 11.5 Å². The first-order valence-electron chi connectivity index (χ1n) is 8.57. The minimum Gasteiger partial charge on any atom is -0.394 e. The van der Waals surface area contributed by atoms with Crippen LogP contribution in [-0.2, 0) is 10.3 Å².